The van der Waals surface area contributed by atoms with Crippen LogP contribution < -0.4 is 0 Å². The molecule has 0 bridgehead atoms. The molecule has 1 aromatic carbocycles. The van der Waals surface area contributed by atoms with Gasteiger partial charge in [0, 0.05) is 12.8 Å². The second kappa shape index (κ2) is 3.82. The van der Waals surface area contributed by atoms with Gasteiger partial charge in [-0.15, -0.1) is 0 Å². The number of rotatable bonds is 3. The molecule has 0 N–H and O–H groups in total. The molecule has 0 heterocycles. The Morgan fingerprint density at radius 1 is 1.43 bits per heavy atom. The maximum Gasteiger partial charge on any atom is 0.302 e. The molecule has 2 atom stereocenters. The van der Waals surface area contributed by atoms with Crippen molar-refractivity contribution in [3.05, 3.63) is 35.9 Å². The van der Waals surface area contributed by atoms with Crippen molar-refractivity contribution < 1.29 is 9.53 Å². The van der Waals surface area contributed by atoms with Crippen LogP contribution in [0.3, 0.4) is 0 Å². The minimum atomic E-state index is -0.177. The topological polar surface area (TPSA) is 26.3 Å². The zero-order valence-electron chi connectivity index (χ0n) is 8.27. The number of hydrogen-bond donors (Lipinski definition) is 0. The average molecular weight is 190 g/mol. The van der Waals surface area contributed by atoms with E-state index in [9.17, 15) is 4.79 Å². The van der Waals surface area contributed by atoms with E-state index < -0.39 is 0 Å². The largest absolute Gasteiger partial charge is 0.466 e. The van der Waals surface area contributed by atoms with Crippen LogP contribution in [-0.4, -0.2) is 12.6 Å². The number of carbonyl (C=O) groups excluding carboxylic acids is 1. The number of benzene rings is 1. The van der Waals surface area contributed by atoms with Crippen LogP contribution in [0, 0.1) is 5.92 Å². The van der Waals surface area contributed by atoms with Crippen molar-refractivity contribution >= 4 is 5.97 Å². The summed E-state index contributed by atoms with van der Waals surface area (Å²) in [5.41, 5.74) is 1.37. The van der Waals surface area contributed by atoms with Crippen molar-refractivity contribution in [3.8, 4) is 0 Å². The number of ether oxygens (including phenoxy) is 1. The number of hydrogen-bond acceptors (Lipinski definition) is 2. The second-order valence-electron chi connectivity index (χ2n) is 3.82. The molecule has 1 fully saturated rings. The average Bonchev–Trinajstić information content (AvgIpc) is 2.95. The molecule has 1 aromatic rings. The normalized spacial score (nSPS) is 24.4. The Labute approximate surface area is 83.9 Å². The van der Waals surface area contributed by atoms with Gasteiger partial charge in [0.05, 0.1) is 6.61 Å². The second-order valence-corrected chi connectivity index (χ2v) is 3.82. The molecule has 0 amide bonds. The lowest BCUT2D eigenvalue weighted by Crippen LogP contribution is -2.02. The lowest BCUT2D eigenvalue weighted by atomic mass is 10.1. The van der Waals surface area contributed by atoms with Crippen LogP contribution in [0.1, 0.15) is 24.8 Å². The van der Waals surface area contributed by atoms with Gasteiger partial charge in [-0.05, 0) is 17.9 Å². The molecule has 1 aliphatic rings. The molecule has 2 heteroatoms. The SMILES string of the molecule is CC(=O)OC[C@@H]1C[C@@H]1c1ccccc1. The van der Waals surface area contributed by atoms with Gasteiger partial charge >= 0.3 is 5.97 Å². The van der Waals surface area contributed by atoms with Gasteiger partial charge in [-0.3, -0.25) is 4.79 Å². The molecule has 2 rings (SSSR count). The molecule has 0 aliphatic heterocycles. The van der Waals surface area contributed by atoms with E-state index in [-0.39, 0.29) is 5.97 Å². The number of esters is 1. The molecule has 2 nitrogen and oxygen atoms in total. The maximum absolute atomic E-state index is 10.6. The first-order chi connectivity index (χ1) is 6.77. The third-order valence-corrected chi connectivity index (χ3v) is 2.65. The standard InChI is InChI=1S/C12H14O2/c1-9(13)14-8-11-7-12(11)10-5-3-2-4-6-10/h2-6,11-12H,7-8H2,1H3/t11-,12+/m0/s1. The van der Waals surface area contributed by atoms with Crippen molar-refractivity contribution in [2.45, 2.75) is 19.3 Å². The Bertz CT molecular complexity index is 318. The summed E-state index contributed by atoms with van der Waals surface area (Å²) in [5, 5.41) is 0. The fourth-order valence-corrected chi connectivity index (χ4v) is 1.76. The molecule has 1 aliphatic carbocycles. The van der Waals surface area contributed by atoms with E-state index in [0.29, 0.717) is 18.4 Å². The first-order valence-electron chi connectivity index (χ1n) is 4.95. The van der Waals surface area contributed by atoms with Crippen molar-refractivity contribution in [2.24, 2.45) is 5.92 Å². The molecule has 0 spiro atoms. The molecule has 0 unspecified atom stereocenters. The van der Waals surface area contributed by atoms with Crippen molar-refractivity contribution in [1.29, 1.82) is 0 Å². The molecule has 0 aromatic heterocycles. The predicted octanol–water partition coefficient (Wildman–Crippen LogP) is 2.35. The van der Waals surface area contributed by atoms with E-state index in [1.54, 1.807) is 0 Å². The van der Waals surface area contributed by atoms with Gasteiger partial charge in [0.1, 0.15) is 0 Å². The highest BCUT2D eigenvalue weighted by atomic mass is 16.5. The van der Waals surface area contributed by atoms with Crippen LogP contribution in [0.15, 0.2) is 30.3 Å². The Morgan fingerprint density at radius 3 is 2.79 bits per heavy atom. The van der Waals surface area contributed by atoms with Crippen LogP contribution in [0.2, 0.25) is 0 Å². The van der Waals surface area contributed by atoms with Gasteiger partial charge in [-0.25, -0.2) is 0 Å². The Kier molecular flexibility index (Phi) is 2.53. The molecular weight excluding hydrogens is 176 g/mol. The molecular formula is C12H14O2. The van der Waals surface area contributed by atoms with Crippen LogP contribution in [0.4, 0.5) is 0 Å². The Hall–Kier alpha value is -1.31. The quantitative estimate of drug-likeness (QED) is 0.684. The maximum atomic E-state index is 10.6. The van der Waals surface area contributed by atoms with Gasteiger partial charge in [-0.1, -0.05) is 30.3 Å². The minimum Gasteiger partial charge on any atom is -0.466 e. The molecule has 0 radical (unpaired) electrons. The minimum absolute atomic E-state index is 0.177. The molecule has 1 saturated carbocycles. The van der Waals surface area contributed by atoms with E-state index in [1.807, 2.05) is 6.07 Å². The van der Waals surface area contributed by atoms with Gasteiger partial charge in [0.2, 0.25) is 0 Å². The Morgan fingerprint density at radius 2 is 2.14 bits per heavy atom. The smallest absolute Gasteiger partial charge is 0.302 e. The highest BCUT2D eigenvalue weighted by Crippen LogP contribution is 2.47. The highest BCUT2D eigenvalue weighted by Gasteiger charge is 2.38. The summed E-state index contributed by atoms with van der Waals surface area (Å²) in [6.07, 6.45) is 1.15. The van der Waals surface area contributed by atoms with Crippen LogP contribution in [0.25, 0.3) is 0 Å². The van der Waals surface area contributed by atoms with Crippen molar-refractivity contribution in [1.82, 2.24) is 0 Å². The van der Waals surface area contributed by atoms with Gasteiger partial charge < -0.3 is 4.74 Å². The van der Waals surface area contributed by atoms with Gasteiger partial charge in [0.15, 0.2) is 0 Å². The third kappa shape index (κ3) is 2.13. The molecule has 74 valence electrons. The van der Waals surface area contributed by atoms with Crippen LogP contribution in [0.5, 0.6) is 0 Å². The van der Waals surface area contributed by atoms with Gasteiger partial charge in [0.25, 0.3) is 0 Å². The fourth-order valence-electron chi connectivity index (χ4n) is 1.76. The lowest BCUT2D eigenvalue weighted by Gasteiger charge is -2.01. The van der Waals surface area contributed by atoms with Crippen LogP contribution >= 0.6 is 0 Å². The first kappa shape index (κ1) is 9.25. The Balaban J connectivity index is 1.85. The van der Waals surface area contributed by atoms with Crippen LogP contribution in [-0.2, 0) is 9.53 Å². The summed E-state index contributed by atoms with van der Waals surface area (Å²) in [4.78, 5) is 10.6. The van der Waals surface area contributed by atoms with E-state index in [0.717, 1.165) is 6.42 Å². The summed E-state index contributed by atoms with van der Waals surface area (Å²) >= 11 is 0. The summed E-state index contributed by atoms with van der Waals surface area (Å²) in [6, 6.07) is 10.4. The van der Waals surface area contributed by atoms with E-state index >= 15 is 0 Å². The number of carbonyl (C=O) groups is 1. The van der Waals surface area contributed by atoms with Crippen molar-refractivity contribution in [2.75, 3.05) is 6.61 Å². The molecule has 0 saturated heterocycles. The third-order valence-electron chi connectivity index (χ3n) is 2.65. The summed E-state index contributed by atoms with van der Waals surface area (Å²) in [7, 11) is 0. The van der Waals surface area contributed by atoms with Crippen molar-refractivity contribution in [3.63, 3.8) is 0 Å². The zero-order chi connectivity index (χ0) is 9.97. The van der Waals surface area contributed by atoms with Gasteiger partial charge in [-0.2, -0.15) is 0 Å². The monoisotopic (exact) mass is 190 g/mol. The predicted molar refractivity (Wildman–Crippen MR) is 53.9 cm³/mol. The summed E-state index contributed by atoms with van der Waals surface area (Å²) in [5.74, 6) is 0.973. The van der Waals surface area contributed by atoms with E-state index in [4.69, 9.17) is 4.74 Å². The zero-order valence-corrected chi connectivity index (χ0v) is 8.27. The summed E-state index contributed by atoms with van der Waals surface area (Å²) < 4.78 is 4.98. The first-order valence-corrected chi connectivity index (χ1v) is 4.95. The highest BCUT2D eigenvalue weighted by molar-refractivity contribution is 5.65. The van der Waals surface area contributed by atoms with E-state index in [1.165, 1.54) is 12.5 Å². The molecule has 14 heavy (non-hydrogen) atoms. The fraction of sp³-hybridized carbons (Fsp3) is 0.417. The van der Waals surface area contributed by atoms with E-state index in [2.05, 4.69) is 24.3 Å². The lowest BCUT2D eigenvalue weighted by molar-refractivity contribution is -0.141. The summed E-state index contributed by atoms with van der Waals surface area (Å²) in [6.45, 7) is 2.04.